The summed E-state index contributed by atoms with van der Waals surface area (Å²) in [6.07, 6.45) is 0.674. The van der Waals surface area contributed by atoms with Gasteiger partial charge in [-0.15, -0.1) is 16.9 Å². The van der Waals surface area contributed by atoms with Crippen LogP contribution in [0.1, 0.15) is 49.3 Å². The highest BCUT2D eigenvalue weighted by Crippen LogP contribution is 2.66. The minimum Gasteiger partial charge on any atom is -0.386 e. The van der Waals surface area contributed by atoms with E-state index in [0.29, 0.717) is 5.69 Å². The summed E-state index contributed by atoms with van der Waals surface area (Å²) in [7, 11) is -0.0865. The van der Waals surface area contributed by atoms with E-state index in [0.717, 1.165) is 16.7 Å². The minimum atomic E-state index is -1.87. The average molecular weight is 571 g/mol. The summed E-state index contributed by atoms with van der Waals surface area (Å²) in [5, 5.41) is 19.1. The smallest absolute Gasteiger partial charge is 0.232 e. The van der Waals surface area contributed by atoms with Gasteiger partial charge >= 0.3 is 0 Å². The zero-order chi connectivity index (χ0) is 28.7. The highest BCUT2D eigenvalue weighted by molar-refractivity contribution is 8.01. The molecule has 1 N–H and O–H groups in total. The Kier molecular flexibility index (Phi) is 7.54. The first-order chi connectivity index (χ1) is 19.0. The number of carbonyl (C=O) groups is 1. The lowest BCUT2D eigenvalue weighted by Gasteiger charge is -2.64. The van der Waals surface area contributed by atoms with Gasteiger partial charge in [0.15, 0.2) is 0 Å². The van der Waals surface area contributed by atoms with Crippen LogP contribution >= 0.6 is 11.8 Å². The van der Waals surface area contributed by atoms with E-state index < -0.39 is 30.2 Å². The number of rotatable bonds is 8. The number of carbonyl (C=O) groups excluding carboxylic acids is 1. The summed E-state index contributed by atoms with van der Waals surface area (Å²) in [4.78, 5) is 16.4. The highest BCUT2D eigenvalue weighted by Gasteiger charge is 2.70. The lowest BCUT2D eigenvalue weighted by atomic mass is 9.83. The molecule has 8 heteroatoms. The van der Waals surface area contributed by atoms with Crippen molar-refractivity contribution in [2.24, 2.45) is 7.05 Å². The fraction of sp³-hybridized carbons (Fsp3) is 0.344. The number of nitrogens with zero attached hydrogens (tertiary/aromatic N) is 4. The molecule has 208 valence electrons. The molecule has 6 nitrogen and oxygen atoms in total. The van der Waals surface area contributed by atoms with Crippen molar-refractivity contribution in [2.45, 2.75) is 60.7 Å². The molecule has 1 aromatic heterocycles. The number of aromatic nitrogens is 3. The summed E-state index contributed by atoms with van der Waals surface area (Å²) in [5.74, 6) is 0.000375. The number of benzene rings is 3. The van der Waals surface area contributed by atoms with Crippen LogP contribution in [0.2, 0.25) is 18.1 Å². The Hall–Kier alpha value is -3.20. The van der Waals surface area contributed by atoms with E-state index in [1.807, 2.05) is 23.1 Å². The third-order valence-corrected chi connectivity index (χ3v) is 13.0. The van der Waals surface area contributed by atoms with Gasteiger partial charge < -0.3 is 10.0 Å². The highest BCUT2D eigenvalue weighted by atomic mass is 32.2. The molecule has 1 saturated heterocycles. The van der Waals surface area contributed by atoms with Crippen LogP contribution in [0.25, 0.3) is 0 Å². The third-order valence-electron chi connectivity index (χ3n) is 8.09. The molecule has 0 spiro atoms. The zero-order valence-corrected chi connectivity index (χ0v) is 26.0. The van der Waals surface area contributed by atoms with Crippen molar-refractivity contribution in [3.63, 3.8) is 0 Å². The quantitative estimate of drug-likeness (QED) is 0.166. The average Bonchev–Trinajstić information content (AvgIpc) is 3.38. The molecule has 3 aromatic carbocycles. The lowest BCUT2D eigenvalue weighted by molar-refractivity contribution is -0.164. The zero-order valence-electron chi connectivity index (χ0n) is 24.0. The van der Waals surface area contributed by atoms with Crippen molar-refractivity contribution in [1.82, 2.24) is 19.9 Å². The van der Waals surface area contributed by atoms with Gasteiger partial charge in [0.2, 0.25) is 5.91 Å². The minimum absolute atomic E-state index is 0.000375. The van der Waals surface area contributed by atoms with Crippen LogP contribution in [0, 0.1) is 0 Å². The van der Waals surface area contributed by atoms with Crippen molar-refractivity contribution in [3.8, 4) is 0 Å². The second-order valence-electron chi connectivity index (χ2n) is 11.9. The number of likely N-dealkylation sites (tertiary alicyclic amines) is 1. The van der Waals surface area contributed by atoms with E-state index in [9.17, 15) is 9.90 Å². The van der Waals surface area contributed by atoms with Gasteiger partial charge in [0, 0.05) is 12.6 Å². The first-order valence-electron chi connectivity index (χ1n) is 13.8. The number of amides is 1. The van der Waals surface area contributed by atoms with E-state index >= 15 is 0 Å². The standard InChI is InChI=1S/C32H38N4O2SSi/c1-30(2,3)36-28(38)32(40(5)6,27(37)26-22-35(4)34-33-26)29(36)39-31(23-16-10-7-11-17-23,24-18-12-8-13-19-24)25-20-14-9-15-21-25/h7-22,27,29,37,40H,1-6H3. The molecule has 1 aliphatic rings. The largest absolute Gasteiger partial charge is 0.386 e. The Labute approximate surface area is 243 Å². The molecule has 1 amide bonds. The van der Waals surface area contributed by atoms with Crippen LogP contribution in [0.5, 0.6) is 0 Å². The number of aliphatic hydroxyl groups excluding tert-OH is 1. The summed E-state index contributed by atoms with van der Waals surface area (Å²) < 4.78 is 0.943. The van der Waals surface area contributed by atoms with Crippen LogP contribution < -0.4 is 0 Å². The predicted octanol–water partition coefficient (Wildman–Crippen LogP) is 5.77. The maximum absolute atomic E-state index is 14.4. The fourth-order valence-electron chi connectivity index (χ4n) is 6.10. The van der Waals surface area contributed by atoms with Gasteiger partial charge in [0.05, 0.1) is 30.2 Å². The predicted molar refractivity (Wildman–Crippen MR) is 165 cm³/mol. The van der Waals surface area contributed by atoms with Crippen LogP contribution in [0.15, 0.2) is 97.2 Å². The first kappa shape index (κ1) is 28.3. The van der Waals surface area contributed by atoms with Crippen molar-refractivity contribution in [1.29, 1.82) is 0 Å². The molecule has 2 heterocycles. The van der Waals surface area contributed by atoms with Gasteiger partial charge in [0.1, 0.15) is 11.8 Å². The summed E-state index contributed by atoms with van der Waals surface area (Å²) in [5.41, 5.74) is 3.37. The van der Waals surface area contributed by atoms with Gasteiger partial charge in [0.25, 0.3) is 0 Å². The number of hydrogen-bond donors (Lipinski definition) is 1. The van der Waals surface area contributed by atoms with Gasteiger partial charge in [-0.2, -0.15) is 0 Å². The fourth-order valence-corrected chi connectivity index (χ4v) is 11.4. The number of hydrogen-bond acceptors (Lipinski definition) is 5. The molecule has 0 radical (unpaired) electrons. The SMILES string of the molecule is Cn1cc(C(O)C2([SiH](C)C)C(=O)N(C(C)(C)C)C2SC(c2ccccc2)(c2ccccc2)c2ccccc2)nn1. The number of aliphatic hydroxyl groups is 1. The molecule has 5 rings (SSSR count). The van der Waals surface area contributed by atoms with Gasteiger partial charge in [-0.05, 0) is 37.5 Å². The lowest BCUT2D eigenvalue weighted by Crippen LogP contribution is -2.74. The number of aryl methyl sites for hydroxylation is 1. The van der Waals surface area contributed by atoms with Crippen LogP contribution in [0.3, 0.4) is 0 Å². The number of β-lactam (4-membered cyclic amide) rings is 1. The Balaban J connectivity index is 1.79. The normalized spacial score (nSPS) is 20.4. The van der Waals surface area contributed by atoms with Crippen LogP contribution in [0.4, 0.5) is 0 Å². The topological polar surface area (TPSA) is 71.2 Å². The molecule has 3 atom stereocenters. The maximum atomic E-state index is 14.4. The molecule has 40 heavy (non-hydrogen) atoms. The van der Waals surface area contributed by atoms with Gasteiger partial charge in [-0.3, -0.25) is 9.48 Å². The van der Waals surface area contributed by atoms with Crippen molar-refractivity contribution >= 4 is 26.5 Å². The summed E-state index contributed by atoms with van der Waals surface area (Å²) in [6.45, 7) is 10.6. The van der Waals surface area contributed by atoms with Crippen LogP contribution in [-0.2, 0) is 16.6 Å². The maximum Gasteiger partial charge on any atom is 0.232 e. The Bertz CT molecular complexity index is 1360. The van der Waals surface area contributed by atoms with Crippen LogP contribution in [-0.4, -0.2) is 50.6 Å². The summed E-state index contributed by atoms with van der Waals surface area (Å²) >= 11 is 1.77. The van der Waals surface area contributed by atoms with E-state index in [2.05, 4.69) is 117 Å². The van der Waals surface area contributed by atoms with Crippen molar-refractivity contribution < 1.29 is 9.90 Å². The molecule has 0 aliphatic carbocycles. The Morgan fingerprint density at radius 3 is 1.68 bits per heavy atom. The van der Waals surface area contributed by atoms with E-state index in [1.165, 1.54) is 0 Å². The molecule has 1 aliphatic heterocycles. The van der Waals surface area contributed by atoms with Crippen molar-refractivity contribution in [2.75, 3.05) is 0 Å². The Morgan fingerprint density at radius 1 is 0.875 bits per heavy atom. The second-order valence-corrected chi connectivity index (χ2v) is 16.5. The molecule has 0 saturated carbocycles. The molecule has 3 unspecified atom stereocenters. The molecular formula is C32H38N4O2SSi. The van der Waals surface area contributed by atoms with Crippen molar-refractivity contribution in [3.05, 3.63) is 120 Å². The molecular weight excluding hydrogens is 533 g/mol. The van der Waals surface area contributed by atoms with E-state index in [4.69, 9.17) is 0 Å². The first-order valence-corrected chi connectivity index (χ1v) is 17.5. The van der Waals surface area contributed by atoms with Gasteiger partial charge in [-0.25, -0.2) is 0 Å². The Morgan fingerprint density at radius 2 is 1.32 bits per heavy atom. The monoisotopic (exact) mass is 570 g/mol. The second kappa shape index (κ2) is 10.6. The van der Waals surface area contributed by atoms with E-state index in [-0.39, 0.29) is 11.3 Å². The molecule has 0 bridgehead atoms. The molecule has 4 aromatic rings. The summed E-state index contributed by atoms with van der Waals surface area (Å²) in [6, 6.07) is 31.6. The van der Waals surface area contributed by atoms with E-state index in [1.54, 1.807) is 29.7 Å². The number of thioether (sulfide) groups is 1. The third kappa shape index (κ3) is 4.42. The van der Waals surface area contributed by atoms with Gasteiger partial charge in [-0.1, -0.05) is 109 Å². The molecule has 1 fully saturated rings.